The molecule has 6 heterocycles. The third-order valence-electron chi connectivity index (χ3n) is 15.4. The predicted molar refractivity (Wildman–Crippen MR) is 276 cm³/mol. The number of fused-ring (bicyclic) bond motifs is 1. The van der Waals surface area contributed by atoms with E-state index in [0.29, 0.717) is 51.6 Å². The first-order chi connectivity index (χ1) is 38.4. The van der Waals surface area contributed by atoms with Crippen LogP contribution >= 0.6 is 0 Å². The number of unbranched alkanes of at least 4 members (excludes halogenated alkanes) is 6. The van der Waals surface area contributed by atoms with Crippen LogP contribution in [0.15, 0.2) is 0 Å². The van der Waals surface area contributed by atoms with Gasteiger partial charge < -0.3 is 116 Å². The molecular formula is C50H86N6O24S. The SMILES string of the molecule is CC(=O)N[C@H]1[C@H](O[C@H]2[C@H](O[C@@H]3O[C@@H](C)[C@@H](O)[C@@H](O)[C@@H]3O)[C@@H](NC(C)=O)[C@H](OCCCCCC(=O)NCCCCCCNC(=O)CCCC[C@H]3[C@H]4NC(=O)N[C@H]4CS3(=O)=O)O[C@@H]2CO[C@H]2O[C@H](C)[C@H](O)[C@H](O)[C@H]2O)O[C@H](CO)[C@@H](O)[C@@H]1O. The Morgan fingerprint density at radius 2 is 1.12 bits per heavy atom. The number of carbonyl (C=O) groups is 5. The van der Waals surface area contributed by atoms with Gasteiger partial charge in [0.25, 0.3) is 0 Å². The molecular weight excluding hydrogens is 1100 g/mol. The molecule has 30 nitrogen and oxygen atoms in total. The average molecular weight is 1190 g/mol. The summed E-state index contributed by atoms with van der Waals surface area (Å²) in [6.45, 7) is 4.53. The molecule has 31 heteroatoms. The number of carbonyl (C=O) groups excluding carboxylic acids is 5. The maximum atomic E-state index is 13.0. The number of sulfone groups is 1. The molecule has 0 unspecified atom stereocenters. The van der Waals surface area contributed by atoms with Gasteiger partial charge in [0.05, 0.1) is 48.5 Å². The summed E-state index contributed by atoms with van der Waals surface area (Å²) >= 11 is 0. The van der Waals surface area contributed by atoms with Crippen molar-refractivity contribution < 1.29 is 116 Å². The zero-order chi connectivity index (χ0) is 59.3. The fourth-order valence-electron chi connectivity index (χ4n) is 10.9. The van der Waals surface area contributed by atoms with Gasteiger partial charge in [-0.3, -0.25) is 19.2 Å². The minimum atomic E-state index is -3.32. The molecule has 81 heavy (non-hydrogen) atoms. The summed E-state index contributed by atoms with van der Waals surface area (Å²) in [5, 5.41) is 112. The highest BCUT2D eigenvalue weighted by molar-refractivity contribution is 7.92. The van der Waals surface area contributed by atoms with Gasteiger partial charge in [-0.1, -0.05) is 25.7 Å². The van der Waals surface area contributed by atoms with Gasteiger partial charge in [0.15, 0.2) is 35.0 Å². The zero-order valence-electron chi connectivity index (χ0n) is 46.1. The molecule has 6 aliphatic heterocycles. The van der Waals surface area contributed by atoms with Gasteiger partial charge in [-0.15, -0.1) is 0 Å². The second-order valence-electron chi connectivity index (χ2n) is 21.8. The molecule has 0 aromatic heterocycles. The van der Waals surface area contributed by atoms with Crippen molar-refractivity contribution in [1.82, 2.24) is 31.9 Å². The van der Waals surface area contributed by atoms with Gasteiger partial charge in [-0.05, 0) is 52.4 Å². The van der Waals surface area contributed by atoms with Gasteiger partial charge in [0.2, 0.25) is 23.6 Å². The number of aliphatic hydroxyl groups is 9. The number of hydrogen-bond donors (Lipinski definition) is 15. The largest absolute Gasteiger partial charge is 0.394 e. The first-order valence-electron chi connectivity index (χ1n) is 28.0. The van der Waals surface area contributed by atoms with Crippen LogP contribution in [0.4, 0.5) is 4.79 Å². The number of urea groups is 1. The van der Waals surface area contributed by atoms with Crippen molar-refractivity contribution in [2.75, 3.05) is 38.7 Å². The monoisotopic (exact) mass is 1190 g/mol. The van der Waals surface area contributed by atoms with Gasteiger partial charge in [0.1, 0.15) is 85.3 Å². The van der Waals surface area contributed by atoms with E-state index >= 15 is 0 Å². The standard InChI is InChI=1S/C50H86N6O24S/c1-23-36(62)40(66)42(68)48(75-23)74-21-29-44(79-47-34(53-25(3)58)39(65)38(64)28(20-57)77-47)45(80-49-43(69)41(67)37(63)24(2)76-49)35(54-26(4)59)46(78-29)73-19-13-7-8-15-31(60)51-17-11-5-6-12-18-52-32(61)16-10-9-14-30-33-27(22-81(30,71)72)55-50(70)56-33/h23-24,27-30,33-49,57,62-69H,5-22H2,1-4H3,(H,51,60)(H,52,61)(H,53,58)(H,54,59)(H2,55,56,70)/t23-,24+,27+,28-,29-,30+,33+,34-,35-,36+,37-,38-,39-,40+,41-,42-,43+,44-,45-,46-,47+,48+,49+/m1/s1. The van der Waals surface area contributed by atoms with Gasteiger partial charge in [-0.25, -0.2) is 13.2 Å². The maximum absolute atomic E-state index is 13.0. The van der Waals surface area contributed by atoms with Crippen molar-refractivity contribution in [3.05, 3.63) is 0 Å². The quantitative estimate of drug-likeness (QED) is 0.0245. The van der Waals surface area contributed by atoms with Crippen LogP contribution in [-0.4, -0.2) is 263 Å². The fraction of sp³-hybridized carbons (Fsp3) is 0.900. The average Bonchev–Trinajstić information content (AvgIpc) is 4.12. The molecule has 466 valence electrons. The Balaban J connectivity index is 1.01. The summed E-state index contributed by atoms with van der Waals surface area (Å²) in [6.07, 6.45) is -22.5. The molecule has 0 aromatic carbocycles. The molecule has 0 saturated carbocycles. The van der Waals surface area contributed by atoms with Gasteiger partial charge in [-0.2, -0.15) is 0 Å². The normalized spacial score (nSPS) is 39.2. The van der Waals surface area contributed by atoms with Gasteiger partial charge in [0, 0.05) is 46.4 Å². The third-order valence-corrected chi connectivity index (χ3v) is 17.7. The smallest absolute Gasteiger partial charge is 0.315 e. The summed E-state index contributed by atoms with van der Waals surface area (Å²) in [6, 6.07) is -4.17. The van der Waals surface area contributed by atoms with Crippen LogP contribution in [0, 0.1) is 0 Å². The first-order valence-corrected chi connectivity index (χ1v) is 29.7. The highest BCUT2D eigenvalue weighted by Crippen LogP contribution is 2.36. The van der Waals surface area contributed by atoms with E-state index in [1.165, 1.54) is 20.8 Å². The number of ether oxygens (including phenoxy) is 8. The molecule has 6 saturated heterocycles. The van der Waals surface area contributed by atoms with E-state index in [9.17, 15) is 78.3 Å². The Labute approximate surface area is 469 Å². The Morgan fingerprint density at radius 3 is 1.73 bits per heavy atom. The van der Waals surface area contributed by atoms with Crippen molar-refractivity contribution >= 4 is 39.5 Å². The summed E-state index contributed by atoms with van der Waals surface area (Å²) in [4.78, 5) is 62.2. The number of nitrogens with one attached hydrogen (secondary N) is 6. The van der Waals surface area contributed by atoms with Crippen molar-refractivity contribution in [2.45, 2.75) is 245 Å². The van der Waals surface area contributed by atoms with Crippen LogP contribution in [0.2, 0.25) is 0 Å². The molecule has 6 amide bonds. The lowest BCUT2D eigenvalue weighted by Crippen LogP contribution is -2.71. The topological polar surface area (TPSA) is 448 Å². The van der Waals surface area contributed by atoms with E-state index in [1.807, 2.05) is 0 Å². The molecule has 15 N–H and O–H groups in total. The number of rotatable bonds is 29. The van der Waals surface area contributed by atoms with E-state index in [1.54, 1.807) is 0 Å². The van der Waals surface area contributed by atoms with Crippen LogP contribution in [-0.2, 0) is 66.9 Å². The van der Waals surface area contributed by atoms with E-state index in [4.69, 9.17) is 37.9 Å². The third kappa shape index (κ3) is 18.0. The Hall–Kier alpha value is -3.58. The Kier molecular flexibility index (Phi) is 25.5. The van der Waals surface area contributed by atoms with Crippen molar-refractivity contribution in [3.8, 4) is 0 Å². The summed E-state index contributed by atoms with van der Waals surface area (Å²) in [5.41, 5.74) is 0. The molecule has 0 radical (unpaired) electrons. The van der Waals surface area contributed by atoms with Crippen LogP contribution in [0.3, 0.4) is 0 Å². The Morgan fingerprint density at radius 1 is 0.580 bits per heavy atom. The maximum Gasteiger partial charge on any atom is 0.315 e. The molecule has 0 spiro atoms. The van der Waals surface area contributed by atoms with Crippen LogP contribution in [0.5, 0.6) is 0 Å². The molecule has 6 aliphatic rings. The second-order valence-corrected chi connectivity index (χ2v) is 24.0. The minimum absolute atomic E-state index is 0.0442. The Bertz CT molecular complexity index is 2160. The molecule has 0 aromatic rings. The zero-order valence-corrected chi connectivity index (χ0v) is 46.9. The number of amides is 6. The minimum Gasteiger partial charge on any atom is -0.394 e. The lowest BCUT2D eigenvalue weighted by Gasteiger charge is -2.51. The highest BCUT2D eigenvalue weighted by Gasteiger charge is 2.56. The number of hydrogen-bond acceptors (Lipinski definition) is 24. The summed E-state index contributed by atoms with van der Waals surface area (Å²) in [7, 11) is -3.32. The van der Waals surface area contributed by atoms with E-state index in [2.05, 4.69) is 31.9 Å². The van der Waals surface area contributed by atoms with Crippen molar-refractivity contribution in [1.29, 1.82) is 0 Å². The lowest BCUT2D eigenvalue weighted by molar-refractivity contribution is -0.371. The predicted octanol–water partition coefficient (Wildman–Crippen LogP) is -5.62. The highest BCUT2D eigenvalue weighted by atomic mass is 32.2. The molecule has 23 atom stereocenters. The van der Waals surface area contributed by atoms with E-state index in [-0.39, 0.29) is 43.0 Å². The fourth-order valence-corrected chi connectivity index (χ4v) is 13.2. The number of aliphatic hydroxyl groups excluding tert-OH is 9. The van der Waals surface area contributed by atoms with Crippen molar-refractivity contribution in [3.63, 3.8) is 0 Å². The molecule has 0 bridgehead atoms. The van der Waals surface area contributed by atoms with Gasteiger partial charge >= 0.3 is 6.03 Å². The van der Waals surface area contributed by atoms with E-state index < -0.39 is 175 Å². The van der Waals surface area contributed by atoms with Crippen molar-refractivity contribution in [2.24, 2.45) is 0 Å². The van der Waals surface area contributed by atoms with Crippen LogP contribution in [0.1, 0.15) is 105 Å². The molecule has 0 aliphatic carbocycles. The van der Waals surface area contributed by atoms with E-state index in [0.717, 1.165) is 32.6 Å². The molecule has 6 rings (SSSR count). The molecule has 6 fully saturated rings. The summed E-state index contributed by atoms with van der Waals surface area (Å²) in [5.74, 6) is -1.71. The lowest BCUT2D eigenvalue weighted by atomic mass is 9.93. The van der Waals surface area contributed by atoms with Crippen LogP contribution in [0.25, 0.3) is 0 Å². The first kappa shape index (κ1) is 66.6. The van der Waals surface area contributed by atoms with Crippen LogP contribution < -0.4 is 31.9 Å². The summed E-state index contributed by atoms with van der Waals surface area (Å²) < 4.78 is 73.9. The second kappa shape index (κ2) is 31.0.